The van der Waals surface area contributed by atoms with Crippen LogP contribution in [0.1, 0.15) is 30.7 Å². The molecule has 1 fully saturated rings. The van der Waals surface area contributed by atoms with E-state index in [0.717, 1.165) is 5.56 Å². The van der Waals surface area contributed by atoms with Gasteiger partial charge in [-0.15, -0.1) is 5.54 Å². The molecule has 1 aliphatic rings. The molecule has 3 nitrogen and oxygen atoms in total. The highest BCUT2D eigenvalue weighted by Gasteiger charge is 2.42. The topological polar surface area (TPSA) is 57.5 Å². The fourth-order valence-corrected chi connectivity index (χ4v) is 3.57. The summed E-state index contributed by atoms with van der Waals surface area (Å²) in [5.74, 6) is 1.65. The van der Waals surface area contributed by atoms with Gasteiger partial charge in [0.1, 0.15) is 13.7 Å². The Kier molecular flexibility index (Phi) is 4.79. The van der Waals surface area contributed by atoms with E-state index in [-0.39, 0.29) is 5.92 Å². The first kappa shape index (κ1) is 16.8. The number of carboxylic acid groups (broad SMARTS) is 1. The number of aliphatic carboxylic acids is 1. The first-order valence-electron chi connectivity index (χ1n) is 7.75. The van der Waals surface area contributed by atoms with Gasteiger partial charge < -0.3 is 10.2 Å². The molecule has 1 saturated carbocycles. The van der Waals surface area contributed by atoms with Crippen LogP contribution in [-0.2, 0) is 4.79 Å². The second-order valence-corrected chi connectivity index (χ2v) is 12.0. The van der Waals surface area contributed by atoms with Crippen molar-refractivity contribution >= 4 is 14.0 Å². The van der Waals surface area contributed by atoms with Gasteiger partial charge in [-0.3, -0.25) is 4.79 Å². The van der Waals surface area contributed by atoms with Crippen molar-refractivity contribution < 1.29 is 15.0 Å². The van der Waals surface area contributed by atoms with Crippen LogP contribution in [0.2, 0.25) is 19.6 Å². The lowest BCUT2D eigenvalue weighted by atomic mass is 9.69. The summed E-state index contributed by atoms with van der Waals surface area (Å²) in [4.78, 5) is 11.6. The average Bonchev–Trinajstić information content (AvgIpc) is 2.45. The van der Waals surface area contributed by atoms with Crippen molar-refractivity contribution in [1.82, 2.24) is 0 Å². The highest BCUT2D eigenvalue weighted by atomic mass is 28.3. The predicted molar refractivity (Wildman–Crippen MR) is 90.2 cm³/mol. The van der Waals surface area contributed by atoms with Crippen LogP contribution in [-0.4, -0.2) is 29.9 Å². The number of hydrogen-bond acceptors (Lipinski definition) is 2. The zero-order valence-corrected chi connectivity index (χ0v) is 14.5. The smallest absolute Gasteiger partial charge is 0.307 e. The maximum Gasteiger partial charge on any atom is 0.307 e. The van der Waals surface area contributed by atoms with Gasteiger partial charge in [0, 0.05) is 5.92 Å². The van der Waals surface area contributed by atoms with Gasteiger partial charge in [0.25, 0.3) is 0 Å². The molecular formula is C18H24O3Si. The molecule has 2 N–H and O–H groups in total. The molecule has 1 aromatic rings. The fraction of sp³-hybridized carbons (Fsp3) is 0.500. The van der Waals surface area contributed by atoms with Gasteiger partial charge >= 0.3 is 5.97 Å². The third-order valence-corrected chi connectivity index (χ3v) is 5.00. The molecule has 0 radical (unpaired) electrons. The molecule has 1 aromatic carbocycles. The fourth-order valence-electron chi connectivity index (χ4n) is 2.97. The maximum atomic E-state index is 11.6. The zero-order chi connectivity index (χ0) is 16.4. The Morgan fingerprint density at radius 3 is 2.45 bits per heavy atom. The van der Waals surface area contributed by atoms with Gasteiger partial charge in [-0.2, -0.15) is 0 Å². The minimum Gasteiger partial charge on any atom is -0.481 e. The highest BCUT2D eigenvalue weighted by molar-refractivity contribution is 6.83. The van der Waals surface area contributed by atoms with Crippen LogP contribution in [0.5, 0.6) is 0 Å². The summed E-state index contributed by atoms with van der Waals surface area (Å²) >= 11 is 0. The second-order valence-electron chi connectivity index (χ2n) is 7.24. The molecule has 0 spiro atoms. The van der Waals surface area contributed by atoms with Crippen LogP contribution >= 0.6 is 0 Å². The Hall–Kier alpha value is -1.57. The molecule has 0 amide bonds. The van der Waals surface area contributed by atoms with E-state index in [1.807, 2.05) is 30.3 Å². The van der Waals surface area contributed by atoms with Crippen LogP contribution in [0.25, 0.3) is 0 Å². The van der Waals surface area contributed by atoms with E-state index in [9.17, 15) is 15.0 Å². The number of aliphatic hydroxyl groups is 1. The Morgan fingerprint density at radius 1 is 1.27 bits per heavy atom. The van der Waals surface area contributed by atoms with Gasteiger partial charge in [-0.25, -0.2) is 0 Å². The van der Waals surface area contributed by atoms with Crippen LogP contribution in [0.15, 0.2) is 30.3 Å². The summed E-state index contributed by atoms with van der Waals surface area (Å²) in [5.41, 5.74) is 3.15. The third kappa shape index (κ3) is 4.22. The lowest BCUT2D eigenvalue weighted by Gasteiger charge is -2.37. The lowest BCUT2D eigenvalue weighted by Crippen LogP contribution is -2.40. The van der Waals surface area contributed by atoms with E-state index >= 15 is 0 Å². The zero-order valence-electron chi connectivity index (χ0n) is 13.5. The van der Waals surface area contributed by atoms with Gasteiger partial charge in [0.15, 0.2) is 0 Å². The molecule has 118 valence electrons. The van der Waals surface area contributed by atoms with Gasteiger partial charge in [0.2, 0.25) is 0 Å². The van der Waals surface area contributed by atoms with E-state index in [2.05, 4.69) is 31.1 Å². The first-order chi connectivity index (χ1) is 10.2. The summed E-state index contributed by atoms with van der Waals surface area (Å²) < 4.78 is 0. The molecule has 0 unspecified atom stereocenters. The van der Waals surface area contributed by atoms with Crippen molar-refractivity contribution in [3.63, 3.8) is 0 Å². The molecule has 0 saturated heterocycles. The number of rotatable bonds is 2. The van der Waals surface area contributed by atoms with Gasteiger partial charge in [0.05, 0.1) is 5.92 Å². The summed E-state index contributed by atoms with van der Waals surface area (Å²) in [6.07, 6.45) is 1.29. The summed E-state index contributed by atoms with van der Waals surface area (Å²) in [6, 6.07) is 9.63. The summed E-state index contributed by atoms with van der Waals surface area (Å²) in [7, 11) is -1.57. The largest absolute Gasteiger partial charge is 0.481 e. The minimum atomic E-state index is -1.57. The van der Waals surface area contributed by atoms with E-state index in [1.54, 1.807) is 0 Å². The Bertz CT molecular complexity index is 594. The number of carbonyl (C=O) groups is 1. The van der Waals surface area contributed by atoms with Crippen LogP contribution in [0, 0.1) is 17.4 Å². The summed E-state index contributed by atoms with van der Waals surface area (Å²) in [6.45, 7) is 6.42. The minimum absolute atomic E-state index is 0.187. The molecule has 3 atom stereocenters. The molecule has 0 heterocycles. The summed E-state index contributed by atoms with van der Waals surface area (Å²) in [5, 5.41) is 20.3. The lowest BCUT2D eigenvalue weighted by molar-refractivity contribution is -0.145. The quantitative estimate of drug-likeness (QED) is 0.650. The Morgan fingerprint density at radius 2 is 1.91 bits per heavy atom. The van der Waals surface area contributed by atoms with Crippen molar-refractivity contribution in [2.75, 3.05) is 0 Å². The predicted octanol–water partition coefficient (Wildman–Crippen LogP) is 3.27. The molecule has 0 bridgehead atoms. The van der Waals surface area contributed by atoms with E-state index in [1.165, 1.54) is 0 Å². The van der Waals surface area contributed by atoms with Crippen molar-refractivity contribution in [3.8, 4) is 11.5 Å². The molecular weight excluding hydrogens is 292 g/mol. The van der Waals surface area contributed by atoms with Gasteiger partial charge in [-0.05, 0) is 24.8 Å². The van der Waals surface area contributed by atoms with Crippen molar-refractivity contribution in [1.29, 1.82) is 0 Å². The monoisotopic (exact) mass is 316 g/mol. The SMILES string of the molecule is C[Si](C)(C)C#C[C@]1(O)CC[C@H](C(=O)O)[C@@H](c2ccccc2)C1. The van der Waals surface area contributed by atoms with E-state index < -0.39 is 25.6 Å². The second kappa shape index (κ2) is 6.27. The van der Waals surface area contributed by atoms with Crippen molar-refractivity contribution in [2.45, 2.75) is 50.4 Å². The highest BCUT2D eigenvalue weighted by Crippen LogP contribution is 2.42. The molecule has 22 heavy (non-hydrogen) atoms. The van der Waals surface area contributed by atoms with E-state index in [4.69, 9.17) is 0 Å². The average molecular weight is 316 g/mol. The normalized spacial score (nSPS) is 28.5. The Balaban J connectivity index is 2.30. The van der Waals surface area contributed by atoms with Crippen molar-refractivity contribution in [3.05, 3.63) is 35.9 Å². The first-order valence-corrected chi connectivity index (χ1v) is 11.2. The molecule has 0 aromatic heterocycles. The third-order valence-electron chi connectivity index (χ3n) is 4.13. The van der Waals surface area contributed by atoms with Crippen molar-refractivity contribution in [2.24, 2.45) is 5.92 Å². The number of carboxylic acids is 1. The van der Waals surface area contributed by atoms with Crippen LogP contribution < -0.4 is 0 Å². The molecule has 0 aliphatic heterocycles. The van der Waals surface area contributed by atoms with E-state index in [0.29, 0.717) is 19.3 Å². The molecule has 4 heteroatoms. The molecule has 1 aliphatic carbocycles. The van der Waals surface area contributed by atoms with Crippen LogP contribution in [0.4, 0.5) is 0 Å². The molecule has 2 rings (SSSR count). The van der Waals surface area contributed by atoms with Crippen LogP contribution in [0.3, 0.4) is 0 Å². The number of hydrogen-bond donors (Lipinski definition) is 2. The van der Waals surface area contributed by atoms with Gasteiger partial charge in [-0.1, -0.05) is 55.9 Å². The Labute approximate surface area is 133 Å². The standard InChI is InChI=1S/C18H24O3Si/c1-22(2,3)12-11-18(21)10-9-15(17(19)20)16(13-18)14-7-5-4-6-8-14/h4-8,15-16,21H,9-10,13H2,1-3H3,(H,19,20)/t15-,16+,18+/m0/s1. The number of benzene rings is 1. The maximum absolute atomic E-state index is 11.6.